The van der Waals surface area contributed by atoms with Gasteiger partial charge < -0.3 is 15.2 Å². The van der Waals surface area contributed by atoms with Crippen LogP contribution < -0.4 is 10.7 Å². The van der Waals surface area contributed by atoms with Crippen LogP contribution in [0.15, 0.2) is 23.3 Å². The molecule has 0 bridgehead atoms. The van der Waals surface area contributed by atoms with Gasteiger partial charge in [-0.15, -0.1) is 0 Å². The number of amides is 2. The van der Waals surface area contributed by atoms with Gasteiger partial charge in [0.2, 0.25) is 5.91 Å². The van der Waals surface area contributed by atoms with Gasteiger partial charge in [0.1, 0.15) is 5.56 Å². The molecule has 0 aliphatic carbocycles. The van der Waals surface area contributed by atoms with Crippen molar-refractivity contribution in [3.8, 4) is 0 Å². The van der Waals surface area contributed by atoms with Gasteiger partial charge in [-0.3, -0.25) is 14.4 Å². The number of carbonyl (C=O) groups excluding carboxylic acids is 2. The summed E-state index contributed by atoms with van der Waals surface area (Å²) in [6.07, 6.45) is 3.62. The first-order chi connectivity index (χ1) is 8.56. The van der Waals surface area contributed by atoms with Crippen molar-refractivity contribution in [1.82, 2.24) is 15.2 Å². The summed E-state index contributed by atoms with van der Waals surface area (Å²) in [4.78, 5) is 38.7. The Kier molecular flexibility index (Phi) is 5.10. The second-order valence-electron chi connectivity index (χ2n) is 3.93. The minimum atomic E-state index is -0.469. The molecule has 0 aliphatic heterocycles. The number of carbonyl (C=O) groups is 2. The minimum Gasteiger partial charge on any atom is -0.367 e. The molecular weight excluding hydrogens is 234 g/mol. The first-order valence-corrected chi connectivity index (χ1v) is 5.75. The highest BCUT2D eigenvalue weighted by molar-refractivity contribution is 5.95. The van der Waals surface area contributed by atoms with Crippen molar-refractivity contribution in [3.05, 3.63) is 34.2 Å². The molecule has 2 amide bonds. The molecule has 0 saturated heterocycles. The first kappa shape index (κ1) is 14.0. The van der Waals surface area contributed by atoms with E-state index < -0.39 is 5.91 Å². The van der Waals surface area contributed by atoms with E-state index in [-0.39, 0.29) is 23.4 Å². The SMILES string of the molecule is CCCNC(=O)CN(C)C(=O)c1c[nH]ccc1=O. The number of pyridine rings is 1. The molecule has 0 aromatic carbocycles. The molecule has 1 heterocycles. The standard InChI is InChI=1S/C12H17N3O3/c1-3-5-14-11(17)8-15(2)12(18)9-7-13-6-4-10(9)16/h4,6-7H,3,5,8H2,1-2H3,(H,13,16)(H,14,17). The van der Waals surface area contributed by atoms with Gasteiger partial charge in [0.05, 0.1) is 6.54 Å². The summed E-state index contributed by atoms with van der Waals surface area (Å²) in [6, 6.07) is 1.28. The molecule has 0 radical (unpaired) electrons. The normalized spacial score (nSPS) is 9.89. The fourth-order valence-corrected chi connectivity index (χ4v) is 1.40. The van der Waals surface area contributed by atoms with Gasteiger partial charge >= 0.3 is 0 Å². The van der Waals surface area contributed by atoms with E-state index in [4.69, 9.17) is 0 Å². The second-order valence-corrected chi connectivity index (χ2v) is 3.93. The van der Waals surface area contributed by atoms with Gasteiger partial charge in [-0.2, -0.15) is 0 Å². The van der Waals surface area contributed by atoms with Gasteiger partial charge in [0.15, 0.2) is 5.43 Å². The largest absolute Gasteiger partial charge is 0.367 e. The number of nitrogens with zero attached hydrogens (tertiary/aromatic N) is 1. The molecule has 1 aromatic rings. The van der Waals surface area contributed by atoms with Crippen LogP contribution in [0.4, 0.5) is 0 Å². The van der Waals surface area contributed by atoms with Gasteiger partial charge in [-0.1, -0.05) is 6.92 Å². The van der Waals surface area contributed by atoms with Crippen molar-refractivity contribution in [2.24, 2.45) is 0 Å². The molecule has 0 atom stereocenters. The maximum absolute atomic E-state index is 11.9. The quantitative estimate of drug-likeness (QED) is 0.771. The van der Waals surface area contributed by atoms with Crippen molar-refractivity contribution in [2.45, 2.75) is 13.3 Å². The van der Waals surface area contributed by atoms with E-state index in [2.05, 4.69) is 10.3 Å². The summed E-state index contributed by atoms with van der Waals surface area (Å²) in [7, 11) is 1.49. The molecule has 0 spiro atoms. The average Bonchev–Trinajstić information content (AvgIpc) is 2.36. The molecule has 98 valence electrons. The Morgan fingerprint density at radius 3 is 2.78 bits per heavy atom. The van der Waals surface area contributed by atoms with Crippen molar-refractivity contribution in [1.29, 1.82) is 0 Å². The number of nitrogens with one attached hydrogen (secondary N) is 2. The van der Waals surface area contributed by atoms with Gasteiger partial charge in [0, 0.05) is 32.1 Å². The number of aromatic nitrogens is 1. The van der Waals surface area contributed by atoms with E-state index in [0.29, 0.717) is 6.54 Å². The van der Waals surface area contributed by atoms with E-state index in [9.17, 15) is 14.4 Å². The zero-order chi connectivity index (χ0) is 13.5. The highest BCUT2D eigenvalue weighted by Gasteiger charge is 2.16. The molecule has 0 fully saturated rings. The molecule has 1 rings (SSSR count). The fraction of sp³-hybridized carbons (Fsp3) is 0.417. The van der Waals surface area contributed by atoms with Crippen molar-refractivity contribution in [3.63, 3.8) is 0 Å². The summed E-state index contributed by atoms with van der Waals surface area (Å²) >= 11 is 0. The maximum atomic E-state index is 11.9. The molecule has 1 aromatic heterocycles. The molecule has 18 heavy (non-hydrogen) atoms. The summed E-state index contributed by atoms with van der Waals surface area (Å²) in [5.41, 5.74) is -0.331. The Morgan fingerprint density at radius 1 is 1.44 bits per heavy atom. The second kappa shape index (κ2) is 6.58. The van der Waals surface area contributed by atoms with E-state index in [1.54, 1.807) is 0 Å². The van der Waals surface area contributed by atoms with Crippen molar-refractivity contribution in [2.75, 3.05) is 20.1 Å². The van der Waals surface area contributed by atoms with E-state index >= 15 is 0 Å². The zero-order valence-electron chi connectivity index (χ0n) is 10.5. The fourth-order valence-electron chi connectivity index (χ4n) is 1.40. The van der Waals surface area contributed by atoms with Crippen LogP contribution >= 0.6 is 0 Å². The minimum absolute atomic E-state index is 0.0308. The van der Waals surface area contributed by atoms with Gasteiger partial charge in [-0.25, -0.2) is 0 Å². The zero-order valence-corrected chi connectivity index (χ0v) is 10.5. The van der Waals surface area contributed by atoms with Gasteiger partial charge in [-0.05, 0) is 6.42 Å². The summed E-state index contributed by atoms with van der Waals surface area (Å²) in [5, 5.41) is 2.67. The Balaban J connectivity index is 2.65. The highest BCUT2D eigenvalue weighted by Crippen LogP contribution is 1.95. The first-order valence-electron chi connectivity index (χ1n) is 5.75. The number of aromatic amines is 1. The predicted octanol–water partition coefficient (Wildman–Crippen LogP) is -0.0269. The third-order valence-corrected chi connectivity index (χ3v) is 2.35. The van der Waals surface area contributed by atoms with Crippen molar-refractivity contribution >= 4 is 11.8 Å². The lowest BCUT2D eigenvalue weighted by atomic mass is 10.2. The molecule has 0 aliphatic rings. The van der Waals surface area contributed by atoms with E-state index in [1.807, 2.05) is 6.92 Å². The lowest BCUT2D eigenvalue weighted by Crippen LogP contribution is -2.39. The molecular formula is C12H17N3O3. The summed E-state index contributed by atoms with van der Waals surface area (Å²) in [6.45, 7) is 2.46. The number of likely N-dealkylation sites (N-methyl/N-ethyl adjacent to an activating group) is 1. The van der Waals surface area contributed by atoms with E-state index in [0.717, 1.165) is 6.42 Å². The third kappa shape index (κ3) is 3.73. The van der Waals surface area contributed by atoms with Crippen LogP contribution in [-0.2, 0) is 4.79 Å². The summed E-state index contributed by atoms with van der Waals surface area (Å²) in [5.74, 6) is -0.705. The van der Waals surface area contributed by atoms with Gasteiger partial charge in [0.25, 0.3) is 5.91 Å². The molecule has 0 saturated carbocycles. The highest BCUT2D eigenvalue weighted by atomic mass is 16.2. The topological polar surface area (TPSA) is 82.3 Å². The molecule has 0 unspecified atom stereocenters. The number of rotatable bonds is 5. The predicted molar refractivity (Wildman–Crippen MR) is 67.3 cm³/mol. The van der Waals surface area contributed by atoms with Crippen LogP contribution in [0.25, 0.3) is 0 Å². The maximum Gasteiger partial charge on any atom is 0.259 e. The van der Waals surface area contributed by atoms with Crippen LogP contribution in [-0.4, -0.2) is 41.8 Å². The summed E-state index contributed by atoms with van der Waals surface area (Å²) < 4.78 is 0. The Labute approximate surface area is 105 Å². The van der Waals surface area contributed by atoms with Crippen LogP contribution in [0.1, 0.15) is 23.7 Å². The average molecular weight is 251 g/mol. The van der Waals surface area contributed by atoms with Crippen molar-refractivity contribution < 1.29 is 9.59 Å². The number of hydrogen-bond acceptors (Lipinski definition) is 3. The van der Waals surface area contributed by atoms with E-state index in [1.165, 1.54) is 30.4 Å². The third-order valence-electron chi connectivity index (χ3n) is 2.35. The molecule has 6 nitrogen and oxygen atoms in total. The molecule has 6 heteroatoms. The number of hydrogen-bond donors (Lipinski definition) is 2. The van der Waals surface area contributed by atoms with Crippen LogP contribution in [0.5, 0.6) is 0 Å². The lowest BCUT2D eigenvalue weighted by molar-refractivity contribution is -0.121. The Morgan fingerprint density at radius 2 is 2.17 bits per heavy atom. The smallest absolute Gasteiger partial charge is 0.259 e. The Bertz CT molecular complexity index is 481. The Hall–Kier alpha value is -2.11. The van der Waals surface area contributed by atoms with Crippen LogP contribution in [0.2, 0.25) is 0 Å². The molecule has 2 N–H and O–H groups in total. The monoisotopic (exact) mass is 251 g/mol. The van der Waals surface area contributed by atoms with Crippen LogP contribution in [0, 0.1) is 0 Å². The van der Waals surface area contributed by atoms with Crippen LogP contribution in [0.3, 0.4) is 0 Å². The number of H-pyrrole nitrogens is 1. The lowest BCUT2D eigenvalue weighted by Gasteiger charge is -2.16.